The zero-order valence-electron chi connectivity index (χ0n) is 12.4. The molecule has 0 heterocycles. The zero-order valence-corrected chi connectivity index (χ0v) is 12.4. The number of nitrogens with one attached hydrogen (secondary N) is 1. The van der Waals surface area contributed by atoms with E-state index in [1.54, 1.807) is 0 Å². The van der Waals surface area contributed by atoms with Gasteiger partial charge in [0.2, 0.25) is 5.91 Å². The fourth-order valence-electron chi connectivity index (χ4n) is 3.81. The second kappa shape index (κ2) is 6.42. The van der Waals surface area contributed by atoms with Gasteiger partial charge in [-0.15, -0.1) is 0 Å². The van der Waals surface area contributed by atoms with Crippen LogP contribution in [0, 0.1) is 17.8 Å². The molecule has 3 heteroatoms. The smallest absolute Gasteiger partial charge is 0.223 e. The average Bonchev–Trinajstić information content (AvgIpc) is 2.48. The molecule has 3 rings (SSSR count). The van der Waals surface area contributed by atoms with Crippen molar-refractivity contribution in [2.24, 2.45) is 17.8 Å². The normalized spacial score (nSPS) is 28.2. The summed E-state index contributed by atoms with van der Waals surface area (Å²) in [6.07, 6.45) is 5.54. The molecule has 0 spiro atoms. The number of amides is 1. The van der Waals surface area contributed by atoms with Gasteiger partial charge >= 0.3 is 0 Å². The van der Waals surface area contributed by atoms with Crippen molar-refractivity contribution in [3.05, 3.63) is 35.9 Å². The molecular formula is C18H23NO2. The van der Waals surface area contributed by atoms with E-state index in [1.165, 1.54) is 5.56 Å². The Morgan fingerprint density at radius 3 is 2.43 bits per heavy atom. The SMILES string of the molecule is O=C(NCCc1ccccc1)C1C[C@H]2CCC[C@@H](C1)C2=O. The first-order chi connectivity index (χ1) is 10.2. The lowest BCUT2D eigenvalue weighted by Gasteiger charge is -2.36. The summed E-state index contributed by atoms with van der Waals surface area (Å²) in [6, 6.07) is 10.2. The number of Topliss-reactive ketones (excluding diaryl/α,β-unsaturated/α-hetero) is 1. The van der Waals surface area contributed by atoms with E-state index in [2.05, 4.69) is 17.4 Å². The molecule has 112 valence electrons. The Bertz CT molecular complexity index is 495. The second-order valence-electron chi connectivity index (χ2n) is 6.42. The summed E-state index contributed by atoms with van der Waals surface area (Å²) >= 11 is 0. The highest BCUT2D eigenvalue weighted by molar-refractivity contribution is 5.88. The Morgan fingerprint density at radius 1 is 1.10 bits per heavy atom. The number of hydrogen-bond acceptors (Lipinski definition) is 2. The number of fused-ring (bicyclic) bond motifs is 2. The maximum atomic E-state index is 12.3. The molecule has 0 aromatic heterocycles. The minimum Gasteiger partial charge on any atom is -0.356 e. The summed E-state index contributed by atoms with van der Waals surface area (Å²) in [6.45, 7) is 0.683. The lowest BCUT2D eigenvalue weighted by Crippen LogP contribution is -2.42. The maximum absolute atomic E-state index is 12.3. The van der Waals surface area contributed by atoms with Crippen LogP contribution in [-0.2, 0) is 16.0 Å². The van der Waals surface area contributed by atoms with E-state index in [1.807, 2.05) is 18.2 Å². The van der Waals surface area contributed by atoms with Crippen LogP contribution in [0.2, 0.25) is 0 Å². The van der Waals surface area contributed by atoms with Crippen LogP contribution in [0.25, 0.3) is 0 Å². The van der Waals surface area contributed by atoms with E-state index in [0.717, 1.165) is 38.5 Å². The van der Waals surface area contributed by atoms with Gasteiger partial charge in [0, 0.05) is 24.3 Å². The van der Waals surface area contributed by atoms with Crippen LogP contribution in [0.15, 0.2) is 30.3 Å². The van der Waals surface area contributed by atoms with Crippen molar-refractivity contribution in [1.29, 1.82) is 0 Å². The van der Waals surface area contributed by atoms with E-state index < -0.39 is 0 Å². The summed E-state index contributed by atoms with van der Waals surface area (Å²) in [5, 5.41) is 3.05. The van der Waals surface area contributed by atoms with Crippen molar-refractivity contribution >= 4 is 11.7 Å². The topological polar surface area (TPSA) is 46.2 Å². The molecule has 1 aromatic rings. The molecule has 1 N–H and O–H groups in total. The molecule has 0 radical (unpaired) electrons. The van der Waals surface area contributed by atoms with Crippen LogP contribution in [0.1, 0.15) is 37.7 Å². The summed E-state index contributed by atoms with van der Waals surface area (Å²) in [7, 11) is 0. The van der Waals surface area contributed by atoms with Gasteiger partial charge in [0.1, 0.15) is 5.78 Å². The van der Waals surface area contributed by atoms with E-state index in [-0.39, 0.29) is 23.7 Å². The second-order valence-corrected chi connectivity index (χ2v) is 6.42. The minimum atomic E-state index is 0.0498. The van der Waals surface area contributed by atoms with Crippen molar-refractivity contribution < 1.29 is 9.59 Å². The van der Waals surface area contributed by atoms with Gasteiger partial charge in [0.15, 0.2) is 0 Å². The third-order valence-corrected chi connectivity index (χ3v) is 4.97. The molecule has 1 unspecified atom stereocenters. The Balaban J connectivity index is 1.49. The number of carbonyl (C=O) groups excluding carboxylic acids is 2. The summed E-state index contributed by atoms with van der Waals surface area (Å²) in [5.41, 5.74) is 1.24. The molecular weight excluding hydrogens is 262 g/mol. The zero-order chi connectivity index (χ0) is 14.7. The van der Waals surface area contributed by atoms with Crippen LogP contribution < -0.4 is 5.32 Å². The summed E-state index contributed by atoms with van der Waals surface area (Å²) in [4.78, 5) is 24.3. The van der Waals surface area contributed by atoms with Gasteiger partial charge in [0.05, 0.1) is 0 Å². The van der Waals surface area contributed by atoms with Crippen LogP contribution in [-0.4, -0.2) is 18.2 Å². The quantitative estimate of drug-likeness (QED) is 0.924. The van der Waals surface area contributed by atoms with Crippen molar-refractivity contribution in [1.82, 2.24) is 5.32 Å². The predicted molar refractivity (Wildman–Crippen MR) is 81.7 cm³/mol. The third kappa shape index (κ3) is 3.34. The molecule has 2 fully saturated rings. The fourth-order valence-corrected chi connectivity index (χ4v) is 3.81. The highest BCUT2D eigenvalue weighted by Crippen LogP contribution is 2.40. The molecule has 3 nitrogen and oxygen atoms in total. The molecule has 21 heavy (non-hydrogen) atoms. The first kappa shape index (κ1) is 14.3. The van der Waals surface area contributed by atoms with Crippen molar-refractivity contribution in [3.8, 4) is 0 Å². The number of carbonyl (C=O) groups is 2. The van der Waals surface area contributed by atoms with Gasteiger partial charge in [-0.1, -0.05) is 36.8 Å². The van der Waals surface area contributed by atoms with Gasteiger partial charge in [-0.2, -0.15) is 0 Å². The molecule has 2 saturated carbocycles. The highest BCUT2D eigenvalue weighted by Gasteiger charge is 2.41. The van der Waals surface area contributed by atoms with Gasteiger partial charge in [-0.05, 0) is 37.7 Å². The molecule has 0 saturated heterocycles. The Morgan fingerprint density at radius 2 is 1.76 bits per heavy atom. The Kier molecular flexibility index (Phi) is 4.37. The Labute approximate surface area is 126 Å². The van der Waals surface area contributed by atoms with Crippen LogP contribution in [0.3, 0.4) is 0 Å². The molecule has 2 aliphatic carbocycles. The first-order valence-electron chi connectivity index (χ1n) is 8.09. The third-order valence-electron chi connectivity index (χ3n) is 4.97. The van der Waals surface area contributed by atoms with Gasteiger partial charge < -0.3 is 5.32 Å². The van der Waals surface area contributed by atoms with Gasteiger partial charge in [-0.25, -0.2) is 0 Å². The fraction of sp³-hybridized carbons (Fsp3) is 0.556. The standard InChI is InChI=1S/C18H23NO2/c20-17-14-7-4-8-15(17)12-16(11-14)18(21)19-10-9-13-5-2-1-3-6-13/h1-3,5-6,14-16H,4,7-12H2,(H,19,21)/t14-,15+,16?. The van der Waals surface area contributed by atoms with E-state index in [0.29, 0.717) is 12.3 Å². The Hall–Kier alpha value is -1.64. The van der Waals surface area contributed by atoms with Gasteiger partial charge in [-0.3, -0.25) is 9.59 Å². The predicted octanol–water partition coefficient (Wildman–Crippen LogP) is 2.74. The average molecular weight is 285 g/mol. The van der Waals surface area contributed by atoms with Crippen LogP contribution in [0.5, 0.6) is 0 Å². The number of ketones is 1. The van der Waals surface area contributed by atoms with E-state index in [9.17, 15) is 9.59 Å². The van der Waals surface area contributed by atoms with E-state index >= 15 is 0 Å². The van der Waals surface area contributed by atoms with Crippen LogP contribution >= 0.6 is 0 Å². The molecule has 2 aliphatic rings. The molecule has 2 bridgehead atoms. The summed E-state index contributed by atoms with van der Waals surface area (Å²) in [5.74, 6) is 0.934. The van der Waals surface area contributed by atoms with Crippen LogP contribution in [0.4, 0.5) is 0 Å². The first-order valence-corrected chi connectivity index (χ1v) is 8.09. The monoisotopic (exact) mass is 285 g/mol. The largest absolute Gasteiger partial charge is 0.356 e. The number of rotatable bonds is 4. The summed E-state index contributed by atoms with van der Waals surface area (Å²) < 4.78 is 0. The lowest BCUT2D eigenvalue weighted by molar-refractivity contribution is -0.137. The number of benzene rings is 1. The molecule has 1 amide bonds. The highest BCUT2D eigenvalue weighted by atomic mass is 16.2. The van der Waals surface area contributed by atoms with Crippen molar-refractivity contribution in [2.45, 2.75) is 38.5 Å². The van der Waals surface area contributed by atoms with Crippen molar-refractivity contribution in [2.75, 3.05) is 6.54 Å². The lowest BCUT2D eigenvalue weighted by atomic mass is 9.67. The maximum Gasteiger partial charge on any atom is 0.223 e. The minimum absolute atomic E-state index is 0.0498. The van der Waals surface area contributed by atoms with Gasteiger partial charge in [0.25, 0.3) is 0 Å². The van der Waals surface area contributed by atoms with E-state index in [4.69, 9.17) is 0 Å². The molecule has 3 atom stereocenters. The molecule has 0 aliphatic heterocycles. The van der Waals surface area contributed by atoms with Crippen molar-refractivity contribution in [3.63, 3.8) is 0 Å². The number of hydrogen-bond donors (Lipinski definition) is 1. The molecule has 1 aromatic carbocycles.